The van der Waals surface area contributed by atoms with Crippen LogP contribution >= 0.6 is 0 Å². The van der Waals surface area contributed by atoms with Gasteiger partial charge >= 0.3 is 6.18 Å². The van der Waals surface area contributed by atoms with Crippen molar-refractivity contribution < 1.29 is 23.1 Å². The normalized spacial score (nSPS) is 20.8. The summed E-state index contributed by atoms with van der Waals surface area (Å²) in [4.78, 5) is 20.1. The van der Waals surface area contributed by atoms with Gasteiger partial charge in [-0.25, -0.2) is 0 Å². The maximum absolute atomic E-state index is 13.1. The number of carbonyl (C=O) groups excluding carboxylic acids is 1. The number of hydrogen-bond donors (Lipinski definition) is 1. The summed E-state index contributed by atoms with van der Waals surface area (Å²) in [6.45, 7) is 0. The summed E-state index contributed by atoms with van der Waals surface area (Å²) in [5.41, 5.74) is -3.41. The monoisotopic (exact) mass is 336 g/mol. The molecule has 6 nitrogen and oxygen atoms in total. The summed E-state index contributed by atoms with van der Waals surface area (Å²) in [6.07, 6.45) is -0.395. The first-order chi connectivity index (χ1) is 11.3. The molecule has 1 N–H and O–H groups in total. The summed E-state index contributed by atoms with van der Waals surface area (Å²) < 4.78 is 39.2. The van der Waals surface area contributed by atoms with Gasteiger partial charge in [0.05, 0.1) is 6.42 Å². The molecule has 3 heterocycles. The average Bonchev–Trinajstić information content (AvgIpc) is 2.95. The predicted octanol–water partition coefficient (Wildman–Crippen LogP) is 2.09. The van der Waals surface area contributed by atoms with Crippen molar-refractivity contribution in [2.24, 2.45) is 5.10 Å². The van der Waals surface area contributed by atoms with Crippen molar-refractivity contribution in [2.75, 3.05) is 0 Å². The lowest BCUT2D eigenvalue weighted by Gasteiger charge is -2.31. The number of hydrogen-bond acceptors (Lipinski definition) is 5. The Kier molecular flexibility index (Phi) is 3.80. The molecule has 1 unspecified atom stereocenters. The van der Waals surface area contributed by atoms with Crippen LogP contribution in [0, 0.1) is 0 Å². The van der Waals surface area contributed by atoms with Crippen LogP contribution in [-0.4, -0.2) is 37.9 Å². The second-order valence-electron chi connectivity index (χ2n) is 5.13. The molecule has 0 spiro atoms. The number of pyridine rings is 2. The summed E-state index contributed by atoms with van der Waals surface area (Å²) in [5.74, 6) is -0.872. The standard InChI is InChI=1S/C15H11F3N4O2/c16-15(17,18)12-8-14(24,11-2-1-5-20-9-11)22(21-12)13(23)10-3-6-19-7-4-10/h1-7,9,24H,8H2. The zero-order valence-corrected chi connectivity index (χ0v) is 12.1. The Labute approximate surface area is 134 Å². The highest BCUT2D eigenvalue weighted by molar-refractivity contribution is 5.99. The number of aliphatic hydroxyl groups is 1. The molecular formula is C15H11F3N4O2. The third kappa shape index (κ3) is 2.73. The number of hydrazone groups is 1. The minimum absolute atomic E-state index is 0.0374. The van der Waals surface area contributed by atoms with E-state index in [1.807, 2.05) is 0 Å². The molecule has 124 valence electrons. The van der Waals surface area contributed by atoms with Crippen molar-refractivity contribution in [3.63, 3.8) is 0 Å². The van der Waals surface area contributed by atoms with E-state index in [1.165, 1.54) is 49.1 Å². The topological polar surface area (TPSA) is 78.7 Å². The van der Waals surface area contributed by atoms with Gasteiger partial charge in [-0.05, 0) is 18.2 Å². The van der Waals surface area contributed by atoms with Crippen LogP contribution in [0.25, 0.3) is 0 Å². The molecule has 0 radical (unpaired) electrons. The van der Waals surface area contributed by atoms with Crippen LogP contribution in [0.15, 0.2) is 54.2 Å². The first-order valence-corrected chi connectivity index (χ1v) is 6.84. The molecule has 3 rings (SSSR count). The Bertz CT molecular complexity index is 780. The molecule has 0 aromatic carbocycles. The van der Waals surface area contributed by atoms with Gasteiger partial charge in [0.25, 0.3) is 5.91 Å². The molecular weight excluding hydrogens is 325 g/mol. The van der Waals surface area contributed by atoms with E-state index in [-0.39, 0.29) is 11.1 Å². The van der Waals surface area contributed by atoms with E-state index >= 15 is 0 Å². The van der Waals surface area contributed by atoms with E-state index in [4.69, 9.17) is 0 Å². The summed E-state index contributed by atoms with van der Waals surface area (Å²) in [5, 5.41) is 14.6. The van der Waals surface area contributed by atoms with Gasteiger partial charge in [0.15, 0.2) is 5.72 Å². The fourth-order valence-corrected chi connectivity index (χ4v) is 2.36. The summed E-state index contributed by atoms with van der Waals surface area (Å²) in [7, 11) is 0. The summed E-state index contributed by atoms with van der Waals surface area (Å²) in [6, 6.07) is 5.49. The molecule has 0 bridgehead atoms. The Morgan fingerprint density at radius 2 is 1.88 bits per heavy atom. The van der Waals surface area contributed by atoms with E-state index in [0.717, 1.165) is 0 Å². The quantitative estimate of drug-likeness (QED) is 0.911. The predicted molar refractivity (Wildman–Crippen MR) is 76.6 cm³/mol. The molecule has 1 aliphatic rings. The number of halogens is 3. The van der Waals surface area contributed by atoms with Crippen LogP contribution in [0.4, 0.5) is 13.2 Å². The first-order valence-electron chi connectivity index (χ1n) is 6.84. The van der Waals surface area contributed by atoms with Gasteiger partial charge in [-0.1, -0.05) is 6.07 Å². The molecule has 0 saturated heterocycles. The van der Waals surface area contributed by atoms with Gasteiger partial charge < -0.3 is 5.11 Å². The van der Waals surface area contributed by atoms with Crippen molar-refractivity contribution in [2.45, 2.75) is 18.3 Å². The minimum atomic E-state index is -4.76. The average molecular weight is 336 g/mol. The van der Waals surface area contributed by atoms with Crippen molar-refractivity contribution in [1.29, 1.82) is 0 Å². The van der Waals surface area contributed by atoms with E-state index in [1.54, 1.807) is 0 Å². The number of carbonyl (C=O) groups is 1. The van der Waals surface area contributed by atoms with Crippen LogP contribution in [0.2, 0.25) is 0 Å². The fraction of sp³-hybridized carbons (Fsp3) is 0.200. The second-order valence-corrected chi connectivity index (χ2v) is 5.13. The SMILES string of the molecule is O=C(c1ccncc1)N1N=C(C(F)(F)F)CC1(O)c1cccnc1. The van der Waals surface area contributed by atoms with Gasteiger partial charge in [0, 0.05) is 35.9 Å². The molecule has 0 saturated carbocycles. The fourth-order valence-electron chi connectivity index (χ4n) is 2.36. The largest absolute Gasteiger partial charge is 0.431 e. The highest BCUT2D eigenvalue weighted by atomic mass is 19.4. The van der Waals surface area contributed by atoms with Gasteiger partial charge in [-0.15, -0.1) is 0 Å². The molecule has 0 fully saturated rings. The molecule has 1 atom stereocenters. The van der Waals surface area contributed by atoms with Crippen LogP contribution in [0.1, 0.15) is 22.3 Å². The zero-order valence-electron chi connectivity index (χ0n) is 12.1. The van der Waals surface area contributed by atoms with Crippen molar-refractivity contribution >= 4 is 11.6 Å². The highest BCUT2D eigenvalue weighted by Gasteiger charge is 2.53. The number of alkyl halides is 3. The first kappa shape index (κ1) is 16.1. The number of nitrogens with zero attached hydrogens (tertiary/aromatic N) is 4. The molecule has 0 aliphatic carbocycles. The van der Waals surface area contributed by atoms with Crippen molar-refractivity contribution in [1.82, 2.24) is 15.0 Å². The van der Waals surface area contributed by atoms with Crippen LogP contribution in [-0.2, 0) is 5.72 Å². The lowest BCUT2D eigenvalue weighted by molar-refractivity contribution is -0.0817. The maximum Gasteiger partial charge on any atom is 0.431 e. The van der Waals surface area contributed by atoms with Gasteiger partial charge in [-0.3, -0.25) is 14.8 Å². The Hall–Kier alpha value is -2.81. The molecule has 24 heavy (non-hydrogen) atoms. The van der Waals surface area contributed by atoms with E-state index < -0.39 is 29.9 Å². The molecule has 2 aromatic rings. The maximum atomic E-state index is 13.1. The molecule has 9 heteroatoms. The Morgan fingerprint density at radius 1 is 1.17 bits per heavy atom. The van der Waals surface area contributed by atoms with Crippen LogP contribution in [0.3, 0.4) is 0 Å². The van der Waals surface area contributed by atoms with Gasteiger partial charge in [0.1, 0.15) is 5.71 Å². The van der Waals surface area contributed by atoms with E-state index in [0.29, 0.717) is 5.01 Å². The third-order valence-corrected chi connectivity index (χ3v) is 3.56. The second kappa shape index (κ2) is 5.68. The van der Waals surface area contributed by atoms with Crippen molar-refractivity contribution in [3.8, 4) is 0 Å². The van der Waals surface area contributed by atoms with Gasteiger partial charge in [-0.2, -0.15) is 23.3 Å². The third-order valence-electron chi connectivity index (χ3n) is 3.56. The lowest BCUT2D eigenvalue weighted by Crippen LogP contribution is -2.43. The molecule has 1 aliphatic heterocycles. The molecule has 1 amide bonds. The number of aromatic nitrogens is 2. The van der Waals surface area contributed by atoms with Gasteiger partial charge in [0.2, 0.25) is 0 Å². The van der Waals surface area contributed by atoms with E-state index in [2.05, 4.69) is 15.1 Å². The number of rotatable bonds is 2. The Balaban J connectivity index is 2.07. The van der Waals surface area contributed by atoms with Crippen LogP contribution in [0.5, 0.6) is 0 Å². The summed E-state index contributed by atoms with van der Waals surface area (Å²) >= 11 is 0. The van der Waals surface area contributed by atoms with E-state index in [9.17, 15) is 23.1 Å². The van der Waals surface area contributed by atoms with Crippen molar-refractivity contribution in [3.05, 3.63) is 60.2 Å². The minimum Gasteiger partial charge on any atom is -0.365 e. The Morgan fingerprint density at radius 3 is 2.46 bits per heavy atom. The smallest absolute Gasteiger partial charge is 0.365 e. The zero-order chi connectivity index (χ0) is 17.4. The molecule has 2 aromatic heterocycles. The highest BCUT2D eigenvalue weighted by Crippen LogP contribution is 2.40. The lowest BCUT2D eigenvalue weighted by atomic mass is 9.98. The number of amides is 1. The van der Waals surface area contributed by atoms with Crippen LogP contribution < -0.4 is 0 Å².